The number of hydrogen-bond donors (Lipinski definition) is 1. The Bertz CT molecular complexity index is 912. The van der Waals surface area contributed by atoms with E-state index in [0.717, 1.165) is 28.9 Å². The van der Waals surface area contributed by atoms with Crippen LogP contribution in [-0.2, 0) is 14.9 Å². The third kappa shape index (κ3) is 2.55. The first-order chi connectivity index (χ1) is 11.5. The number of aromatic nitrogens is 5. The number of pyridine rings is 1. The van der Waals surface area contributed by atoms with Crippen molar-refractivity contribution < 1.29 is 9.53 Å². The third-order valence-corrected chi connectivity index (χ3v) is 5.29. The second-order valence-corrected chi connectivity index (χ2v) is 7.07. The molecule has 0 saturated carbocycles. The van der Waals surface area contributed by atoms with E-state index in [1.807, 2.05) is 0 Å². The van der Waals surface area contributed by atoms with Crippen LogP contribution < -0.4 is 5.32 Å². The summed E-state index contributed by atoms with van der Waals surface area (Å²) in [6.07, 6.45) is 4.34. The molecule has 4 rings (SSSR count). The second-order valence-electron chi connectivity index (χ2n) is 6.12. The maximum absolute atomic E-state index is 11.2. The smallest absolute Gasteiger partial charge is 0.233 e. The van der Waals surface area contributed by atoms with E-state index in [2.05, 4.69) is 32.5 Å². The van der Waals surface area contributed by atoms with Gasteiger partial charge in [-0.05, 0) is 6.42 Å². The molecule has 1 fully saturated rings. The van der Waals surface area contributed by atoms with E-state index in [1.54, 1.807) is 23.1 Å². The quantitative estimate of drug-likeness (QED) is 0.780. The van der Waals surface area contributed by atoms with Crippen molar-refractivity contribution in [3.8, 4) is 5.13 Å². The zero-order chi connectivity index (χ0) is 16.7. The Labute approximate surface area is 141 Å². The van der Waals surface area contributed by atoms with Gasteiger partial charge in [0, 0.05) is 36.6 Å². The summed E-state index contributed by atoms with van der Waals surface area (Å²) in [6.45, 7) is 5.01. The molecule has 1 N–H and O–H groups in total. The average molecular weight is 344 g/mol. The first-order valence-electron chi connectivity index (χ1n) is 7.59. The zero-order valence-electron chi connectivity index (χ0n) is 13.3. The average Bonchev–Trinajstić information content (AvgIpc) is 3.24. The van der Waals surface area contributed by atoms with Crippen LogP contribution in [0, 0.1) is 0 Å². The molecular weight excluding hydrogens is 328 g/mol. The van der Waals surface area contributed by atoms with Crippen molar-refractivity contribution in [3.05, 3.63) is 23.5 Å². The van der Waals surface area contributed by atoms with Crippen LogP contribution in [-0.4, -0.2) is 44.1 Å². The van der Waals surface area contributed by atoms with Crippen LogP contribution in [0.3, 0.4) is 0 Å². The highest BCUT2D eigenvalue weighted by molar-refractivity contribution is 7.13. The van der Waals surface area contributed by atoms with E-state index in [0.29, 0.717) is 17.6 Å². The molecule has 1 amide bonds. The van der Waals surface area contributed by atoms with Crippen LogP contribution >= 0.6 is 11.3 Å². The van der Waals surface area contributed by atoms with Gasteiger partial charge < -0.3 is 10.1 Å². The fraction of sp³-hybridized carbons (Fsp3) is 0.400. The lowest BCUT2D eigenvalue weighted by atomic mass is 9.91. The molecule has 1 aliphatic heterocycles. The maximum Gasteiger partial charge on any atom is 0.233 e. The highest BCUT2D eigenvalue weighted by atomic mass is 32.1. The maximum atomic E-state index is 11.2. The van der Waals surface area contributed by atoms with Gasteiger partial charge in [-0.2, -0.15) is 5.10 Å². The van der Waals surface area contributed by atoms with Crippen molar-refractivity contribution in [1.29, 1.82) is 0 Å². The summed E-state index contributed by atoms with van der Waals surface area (Å²) < 4.78 is 7.23. The number of carbonyl (C=O) groups is 1. The molecule has 3 aromatic rings. The molecule has 9 heteroatoms. The number of fused-ring (bicyclic) bond motifs is 1. The minimum Gasteiger partial charge on any atom is -0.380 e. The fourth-order valence-corrected chi connectivity index (χ4v) is 3.68. The number of ether oxygens (including phenoxy) is 1. The molecule has 8 nitrogen and oxygen atoms in total. The summed E-state index contributed by atoms with van der Waals surface area (Å²) >= 11 is 1.51. The van der Waals surface area contributed by atoms with Gasteiger partial charge in [0.1, 0.15) is 10.8 Å². The normalized spacial score (nSPS) is 20.6. The van der Waals surface area contributed by atoms with Gasteiger partial charge in [-0.15, -0.1) is 10.2 Å². The summed E-state index contributed by atoms with van der Waals surface area (Å²) in [5, 5.41) is 18.2. The first kappa shape index (κ1) is 15.2. The van der Waals surface area contributed by atoms with Crippen molar-refractivity contribution in [3.63, 3.8) is 0 Å². The van der Waals surface area contributed by atoms with Gasteiger partial charge in [-0.25, -0.2) is 9.67 Å². The molecule has 1 atom stereocenters. The van der Waals surface area contributed by atoms with Gasteiger partial charge in [0.05, 0.1) is 18.3 Å². The number of nitrogens with one attached hydrogen (secondary N) is 1. The van der Waals surface area contributed by atoms with E-state index < -0.39 is 0 Å². The Morgan fingerprint density at radius 2 is 2.29 bits per heavy atom. The van der Waals surface area contributed by atoms with Gasteiger partial charge >= 0.3 is 0 Å². The summed E-state index contributed by atoms with van der Waals surface area (Å²) in [6, 6.07) is 1.78. The fourth-order valence-electron chi connectivity index (χ4n) is 2.70. The SMILES string of the molecule is CC(=O)Nc1cc2c(cn1)cnn2-c1nnc(C2(C)CCOC2)s1. The molecule has 0 aromatic carbocycles. The van der Waals surface area contributed by atoms with Crippen molar-refractivity contribution in [1.82, 2.24) is 25.0 Å². The van der Waals surface area contributed by atoms with Crippen LogP contribution in [0.25, 0.3) is 16.0 Å². The number of rotatable bonds is 3. The van der Waals surface area contributed by atoms with E-state index in [4.69, 9.17) is 4.74 Å². The molecule has 24 heavy (non-hydrogen) atoms. The van der Waals surface area contributed by atoms with Crippen LogP contribution in [0.15, 0.2) is 18.5 Å². The molecule has 0 aliphatic carbocycles. The molecule has 3 aromatic heterocycles. The Hall–Kier alpha value is -2.39. The molecule has 1 unspecified atom stereocenters. The van der Waals surface area contributed by atoms with E-state index >= 15 is 0 Å². The van der Waals surface area contributed by atoms with Crippen LogP contribution in [0.4, 0.5) is 5.82 Å². The van der Waals surface area contributed by atoms with Gasteiger partial charge in [-0.1, -0.05) is 18.3 Å². The molecular formula is C15H16N6O2S. The molecule has 124 valence electrons. The van der Waals surface area contributed by atoms with Crippen molar-refractivity contribution in [2.45, 2.75) is 25.7 Å². The highest BCUT2D eigenvalue weighted by Crippen LogP contribution is 2.35. The van der Waals surface area contributed by atoms with E-state index in [9.17, 15) is 4.79 Å². The first-order valence-corrected chi connectivity index (χ1v) is 8.40. The number of carbonyl (C=O) groups excluding carboxylic acids is 1. The minimum absolute atomic E-state index is 0.0816. The molecule has 4 heterocycles. The Morgan fingerprint density at radius 1 is 1.42 bits per heavy atom. The van der Waals surface area contributed by atoms with Crippen molar-refractivity contribution in [2.75, 3.05) is 18.5 Å². The number of hydrogen-bond acceptors (Lipinski definition) is 7. The highest BCUT2D eigenvalue weighted by Gasteiger charge is 2.35. The van der Waals surface area contributed by atoms with Crippen molar-refractivity contribution >= 4 is 34.0 Å². The number of nitrogens with zero attached hydrogens (tertiary/aromatic N) is 5. The van der Waals surface area contributed by atoms with Gasteiger partial charge in [0.25, 0.3) is 0 Å². The predicted octanol–water partition coefficient (Wildman–Crippen LogP) is 1.91. The Balaban J connectivity index is 1.73. The van der Waals surface area contributed by atoms with Gasteiger partial charge in [-0.3, -0.25) is 4.79 Å². The number of amides is 1. The number of anilines is 1. The molecule has 0 bridgehead atoms. The monoisotopic (exact) mass is 344 g/mol. The Morgan fingerprint density at radius 3 is 3.04 bits per heavy atom. The summed E-state index contributed by atoms with van der Waals surface area (Å²) in [7, 11) is 0. The van der Waals surface area contributed by atoms with Crippen LogP contribution in [0.2, 0.25) is 0 Å². The summed E-state index contributed by atoms with van der Waals surface area (Å²) in [5.74, 6) is 0.318. The van der Waals surface area contributed by atoms with E-state index in [1.165, 1.54) is 18.3 Å². The second kappa shape index (κ2) is 5.60. The molecule has 0 spiro atoms. The molecule has 1 aliphatic rings. The standard InChI is InChI=1S/C15H16N6O2S/c1-9(22)18-12-5-11-10(6-16-12)7-17-21(11)14-20-19-13(24-14)15(2)3-4-23-8-15/h5-7H,3-4,8H2,1-2H3,(H,16,18,22). The Kier molecular flexibility index (Phi) is 3.54. The summed E-state index contributed by atoms with van der Waals surface area (Å²) in [4.78, 5) is 15.4. The largest absolute Gasteiger partial charge is 0.380 e. The minimum atomic E-state index is -0.166. The van der Waals surface area contributed by atoms with Crippen molar-refractivity contribution in [2.24, 2.45) is 0 Å². The topological polar surface area (TPSA) is 94.8 Å². The summed E-state index contributed by atoms with van der Waals surface area (Å²) in [5.41, 5.74) is 0.742. The van der Waals surface area contributed by atoms with Crippen LogP contribution in [0.5, 0.6) is 0 Å². The van der Waals surface area contributed by atoms with Crippen LogP contribution in [0.1, 0.15) is 25.3 Å². The van der Waals surface area contributed by atoms with E-state index in [-0.39, 0.29) is 11.3 Å². The lowest BCUT2D eigenvalue weighted by Crippen LogP contribution is -2.21. The predicted molar refractivity (Wildman–Crippen MR) is 89.4 cm³/mol. The van der Waals surface area contributed by atoms with Gasteiger partial charge in [0.2, 0.25) is 11.0 Å². The molecule has 1 saturated heterocycles. The lowest BCUT2D eigenvalue weighted by Gasteiger charge is -2.16. The zero-order valence-corrected chi connectivity index (χ0v) is 14.1. The molecule has 0 radical (unpaired) electrons. The third-order valence-electron chi connectivity index (χ3n) is 4.09. The lowest BCUT2D eigenvalue weighted by molar-refractivity contribution is -0.114. The van der Waals surface area contributed by atoms with Gasteiger partial charge in [0.15, 0.2) is 0 Å².